The van der Waals surface area contributed by atoms with E-state index in [1.165, 1.54) is 0 Å². The van der Waals surface area contributed by atoms with Crippen molar-refractivity contribution in [2.45, 2.75) is 80.2 Å². The van der Waals surface area contributed by atoms with Crippen molar-refractivity contribution in [1.82, 2.24) is 15.1 Å². The molecule has 2 atom stereocenters. The lowest BCUT2D eigenvalue weighted by atomic mass is 9.44. The fourth-order valence-electron chi connectivity index (χ4n) is 5.96. The summed E-state index contributed by atoms with van der Waals surface area (Å²) >= 11 is 5.98. The lowest BCUT2D eigenvalue weighted by Gasteiger charge is -2.70. The Balaban J connectivity index is 1.03. The summed E-state index contributed by atoms with van der Waals surface area (Å²) in [7, 11) is 0. The molecule has 4 aliphatic carbocycles. The van der Waals surface area contributed by atoms with Crippen LogP contribution in [0.4, 0.5) is 13.2 Å². The molecule has 11 heteroatoms. The van der Waals surface area contributed by atoms with Gasteiger partial charge >= 0.3 is 6.36 Å². The number of aromatic nitrogens is 2. The number of ether oxygens (including phenoxy) is 2. The molecule has 2 N–H and O–H groups in total. The van der Waals surface area contributed by atoms with Gasteiger partial charge in [0.15, 0.2) is 6.10 Å². The van der Waals surface area contributed by atoms with E-state index in [2.05, 4.69) is 15.2 Å². The van der Waals surface area contributed by atoms with Crippen LogP contribution < -0.4 is 10.1 Å². The number of hydrogen-bond acceptors (Lipinski definition) is 5. The van der Waals surface area contributed by atoms with E-state index in [-0.39, 0.29) is 29.3 Å². The van der Waals surface area contributed by atoms with Gasteiger partial charge in [0.2, 0.25) is 0 Å². The number of benzene rings is 1. The van der Waals surface area contributed by atoms with Gasteiger partial charge in [-0.25, -0.2) is 0 Å². The summed E-state index contributed by atoms with van der Waals surface area (Å²) in [4.78, 5) is 12.9. The number of fused-ring (bicyclic) bond motifs is 1. The molecule has 5 aliphatic rings. The predicted octanol–water partition coefficient (Wildman–Crippen LogP) is 3.95. The van der Waals surface area contributed by atoms with E-state index in [4.69, 9.17) is 16.3 Å². The molecule has 0 spiro atoms. The number of nitrogens with zero attached hydrogens (tertiary/aromatic N) is 2. The van der Waals surface area contributed by atoms with Crippen LogP contribution in [0.25, 0.3) is 0 Å². The molecule has 182 valence electrons. The van der Waals surface area contributed by atoms with Crippen LogP contribution in [0.3, 0.4) is 0 Å². The maximum Gasteiger partial charge on any atom is 0.522 e. The van der Waals surface area contributed by atoms with Crippen molar-refractivity contribution in [1.29, 1.82) is 0 Å². The highest BCUT2D eigenvalue weighted by Crippen LogP contribution is 2.65. The second kappa shape index (κ2) is 7.35. The van der Waals surface area contributed by atoms with Gasteiger partial charge in [0.25, 0.3) is 5.91 Å². The molecular formula is C23H23ClF3N3O4. The van der Waals surface area contributed by atoms with E-state index in [1.54, 1.807) is 24.4 Å². The topological polar surface area (TPSA) is 85.6 Å². The van der Waals surface area contributed by atoms with Crippen LogP contribution in [-0.4, -0.2) is 44.9 Å². The number of aliphatic hydroxyl groups is 1. The van der Waals surface area contributed by atoms with Gasteiger partial charge in [-0.1, -0.05) is 11.6 Å². The fraction of sp³-hybridized carbons (Fsp3) is 0.565. The normalized spacial score (nSPS) is 35.8. The van der Waals surface area contributed by atoms with E-state index in [0.717, 1.165) is 24.8 Å². The number of hydrogen-bond donors (Lipinski definition) is 2. The van der Waals surface area contributed by atoms with Crippen LogP contribution in [0.2, 0.25) is 5.02 Å². The summed E-state index contributed by atoms with van der Waals surface area (Å²) in [5.74, 6) is 0.231. The first kappa shape index (κ1) is 22.2. The molecule has 1 aliphatic heterocycles. The molecule has 0 unspecified atom stereocenters. The van der Waals surface area contributed by atoms with Gasteiger partial charge in [0, 0.05) is 28.7 Å². The number of rotatable bonds is 5. The van der Waals surface area contributed by atoms with Crippen LogP contribution in [-0.2, 0) is 15.1 Å². The lowest BCUT2D eigenvalue weighted by Crippen LogP contribution is -2.79. The van der Waals surface area contributed by atoms with Crippen molar-refractivity contribution in [2.24, 2.45) is 0 Å². The Labute approximate surface area is 198 Å². The first-order chi connectivity index (χ1) is 16.0. The van der Waals surface area contributed by atoms with Crippen LogP contribution >= 0.6 is 11.6 Å². The van der Waals surface area contributed by atoms with Crippen molar-refractivity contribution in [3.8, 4) is 5.75 Å². The molecule has 0 saturated heterocycles. The number of alkyl halides is 3. The van der Waals surface area contributed by atoms with Crippen molar-refractivity contribution in [3.05, 3.63) is 46.7 Å². The summed E-state index contributed by atoms with van der Waals surface area (Å²) in [5.41, 5.74) is 1.04. The Morgan fingerprint density at radius 1 is 1.26 bits per heavy atom. The zero-order valence-corrected chi connectivity index (χ0v) is 18.8. The fourth-order valence-corrected chi connectivity index (χ4v) is 6.14. The van der Waals surface area contributed by atoms with E-state index in [0.29, 0.717) is 29.2 Å². The molecule has 1 aromatic carbocycles. The third-order valence-corrected chi connectivity index (χ3v) is 7.91. The number of amides is 1. The quantitative estimate of drug-likeness (QED) is 0.653. The highest BCUT2D eigenvalue weighted by molar-refractivity contribution is 6.30. The van der Waals surface area contributed by atoms with E-state index >= 15 is 0 Å². The van der Waals surface area contributed by atoms with E-state index < -0.39 is 24.7 Å². The van der Waals surface area contributed by atoms with Crippen molar-refractivity contribution in [2.75, 3.05) is 0 Å². The lowest BCUT2D eigenvalue weighted by molar-refractivity contribution is -0.351. The minimum Gasteiger partial charge on any atom is -0.480 e. The summed E-state index contributed by atoms with van der Waals surface area (Å²) in [6.45, 7) is 0. The summed E-state index contributed by atoms with van der Waals surface area (Å²) in [5, 5.41) is 18.5. The van der Waals surface area contributed by atoms with Gasteiger partial charge in [-0.3, -0.25) is 14.2 Å². The molecule has 2 bridgehead atoms. The highest BCUT2D eigenvalue weighted by Gasteiger charge is 2.70. The average molecular weight is 498 g/mol. The first-order valence-electron chi connectivity index (χ1n) is 11.3. The van der Waals surface area contributed by atoms with Crippen molar-refractivity contribution >= 4 is 17.5 Å². The Morgan fingerprint density at radius 3 is 2.71 bits per heavy atom. The molecule has 7 rings (SSSR count). The Hall–Kier alpha value is -2.30. The van der Waals surface area contributed by atoms with Gasteiger partial charge in [-0.2, -0.15) is 5.10 Å². The number of carbonyl (C=O) groups is 1. The van der Waals surface area contributed by atoms with Crippen molar-refractivity contribution < 1.29 is 32.5 Å². The largest absolute Gasteiger partial charge is 0.522 e. The molecule has 1 amide bonds. The minimum atomic E-state index is -4.59. The molecule has 2 aromatic rings. The molecule has 34 heavy (non-hydrogen) atoms. The number of carbonyl (C=O) groups excluding carboxylic acids is 1. The molecule has 1 aromatic heterocycles. The standard InChI is InChI=1S/C23H23ClF3N3O4/c24-14-1-2-18-16(5-14)17(31)6-19(33-18)20(32)29-21-9-22(10-21,11-21)30-8-13(7-28-30)12-3-15(4-12)34-23(25,26)27/h1-2,5,7-8,12,15,17,19,31H,3-4,6,9-11H2,(H,29,32)/t12-,15+,17-,19+,21?,22?/m1/s1. The molecule has 0 radical (unpaired) electrons. The zero-order valence-electron chi connectivity index (χ0n) is 18.0. The second-order valence-corrected chi connectivity index (χ2v) is 10.6. The van der Waals surface area contributed by atoms with Gasteiger partial charge < -0.3 is 15.2 Å². The number of aliphatic hydroxyl groups excluding tert-OH is 1. The summed E-state index contributed by atoms with van der Waals surface area (Å²) in [6.07, 6.45) is -0.318. The van der Waals surface area contributed by atoms with Gasteiger partial charge in [0.05, 0.1) is 23.9 Å². The molecule has 2 heterocycles. The summed E-state index contributed by atoms with van der Waals surface area (Å²) in [6, 6.07) is 4.96. The van der Waals surface area contributed by atoms with Crippen LogP contribution in [0.5, 0.6) is 5.75 Å². The molecule has 4 fully saturated rings. The van der Waals surface area contributed by atoms with Gasteiger partial charge in [0.1, 0.15) is 5.75 Å². The second-order valence-electron chi connectivity index (χ2n) is 10.1. The maximum atomic E-state index is 12.9. The summed E-state index contributed by atoms with van der Waals surface area (Å²) < 4.78 is 48.8. The number of nitrogens with one attached hydrogen (secondary N) is 1. The number of halogens is 4. The predicted molar refractivity (Wildman–Crippen MR) is 113 cm³/mol. The molecular weight excluding hydrogens is 475 g/mol. The smallest absolute Gasteiger partial charge is 0.480 e. The Bertz CT molecular complexity index is 1130. The van der Waals surface area contributed by atoms with Crippen molar-refractivity contribution in [3.63, 3.8) is 0 Å². The van der Waals surface area contributed by atoms with Crippen LogP contribution in [0.15, 0.2) is 30.6 Å². The molecule has 7 nitrogen and oxygen atoms in total. The van der Waals surface area contributed by atoms with Gasteiger partial charge in [-0.15, -0.1) is 13.2 Å². The molecule has 4 saturated carbocycles. The SMILES string of the molecule is O=C(NC12CC(n3cc([C@H]4C[C@@H](OC(F)(F)F)C4)cn3)(C1)C2)[C@@H]1C[C@@H](O)c2cc(Cl)ccc2O1. The average Bonchev–Trinajstić information content (AvgIpc) is 3.14. The zero-order chi connectivity index (χ0) is 23.9. The monoisotopic (exact) mass is 497 g/mol. The van der Waals surface area contributed by atoms with Gasteiger partial charge in [-0.05, 0) is 61.8 Å². The Kier molecular flexibility index (Phi) is 4.80. The Morgan fingerprint density at radius 2 is 2.00 bits per heavy atom. The minimum absolute atomic E-state index is 0.0229. The highest BCUT2D eigenvalue weighted by atomic mass is 35.5. The van der Waals surface area contributed by atoms with Crippen LogP contribution in [0, 0.1) is 0 Å². The van der Waals surface area contributed by atoms with Crippen LogP contribution in [0.1, 0.15) is 61.7 Å². The third-order valence-electron chi connectivity index (χ3n) is 7.68. The first-order valence-corrected chi connectivity index (χ1v) is 11.7. The maximum absolute atomic E-state index is 12.9. The van der Waals surface area contributed by atoms with E-state index in [9.17, 15) is 23.1 Å². The van der Waals surface area contributed by atoms with E-state index in [1.807, 2.05) is 10.9 Å². The third kappa shape index (κ3) is 3.67.